The Morgan fingerprint density at radius 1 is 0.905 bits per heavy atom. The first-order valence-electron chi connectivity index (χ1n) is 7.62. The Morgan fingerprint density at radius 3 is 2.29 bits per heavy atom. The maximum absolute atomic E-state index is 9.78. The van der Waals surface area contributed by atoms with Crippen LogP contribution in [0.5, 0.6) is 5.75 Å². The van der Waals surface area contributed by atoms with Crippen LogP contribution < -0.4 is 0 Å². The number of hydrogen-bond donors (Lipinski definition) is 2. The first-order chi connectivity index (χ1) is 10.0. The van der Waals surface area contributed by atoms with Crippen molar-refractivity contribution >= 4 is 0 Å². The molecule has 21 heavy (non-hydrogen) atoms. The van der Waals surface area contributed by atoms with Crippen molar-refractivity contribution in [1.29, 1.82) is 0 Å². The number of benzene rings is 2. The lowest BCUT2D eigenvalue weighted by Gasteiger charge is -2.22. The van der Waals surface area contributed by atoms with Crippen LogP contribution >= 0.6 is 0 Å². The molecule has 0 heterocycles. The standard InChI is InChI=1S/C19H22O2/c1-19(2)17-11-13(5-3-4-10-20)6-8-15(17)16-9-7-14(21)12-18(16)19/h6-9,11-12,20-21H,3-5,10H2,1-2H3. The van der Waals surface area contributed by atoms with E-state index in [9.17, 15) is 5.11 Å². The summed E-state index contributed by atoms with van der Waals surface area (Å²) in [5.74, 6) is 0.331. The zero-order valence-electron chi connectivity index (χ0n) is 12.7. The monoisotopic (exact) mass is 282 g/mol. The highest BCUT2D eigenvalue weighted by molar-refractivity contribution is 5.81. The highest BCUT2D eigenvalue weighted by Gasteiger charge is 2.35. The fraction of sp³-hybridized carbons (Fsp3) is 0.368. The molecule has 1 aliphatic carbocycles. The summed E-state index contributed by atoms with van der Waals surface area (Å²) in [6, 6.07) is 12.4. The van der Waals surface area contributed by atoms with Gasteiger partial charge in [-0.05, 0) is 59.2 Å². The Bertz CT molecular complexity index is 671. The molecule has 0 radical (unpaired) electrons. The number of phenols is 1. The Balaban J connectivity index is 2.01. The third-order valence-corrected chi connectivity index (χ3v) is 4.60. The molecule has 2 heteroatoms. The first kappa shape index (κ1) is 14.2. The van der Waals surface area contributed by atoms with Crippen LogP contribution in [0, 0.1) is 0 Å². The normalized spacial score (nSPS) is 14.8. The summed E-state index contributed by atoms with van der Waals surface area (Å²) in [5.41, 5.74) is 6.30. The summed E-state index contributed by atoms with van der Waals surface area (Å²) in [4.78, 5) is 0. The lowest BCUT2D eigenvalue weighted by Crippen LogP contribution is -2.15. The molecule has 0 fully saturated rings. The van der Waals surface area contributed by atoms with E-state index in [1.165, 1.54) is 27.8 Å². The van der Waals surface area contributed by atoms with E-state index in [0.29, 0.717) is 5.75 Å². The van der Waals surface area contributed by atoms with Gasteiger partial charge in [0.1, 0.15) is 5.75 Å². The second kappa shape index (κ2) is 5.19. The average Bonchev–Trinajstić information content (AvgIpc) is 2.68. The van der Waals surface area contributed by atoms with Crippen molar-refractivity contribution in [2.24, 2.45) is 0 Å². The molecule has 2 aromatic carbocycles. The molecule has 1 aliphatic rings. The van der Waals surface area contributed by atoms with Crippen LogP contribution in [0.4, 0.5) is 0 Å². The summed E-state index contributed by atoms with van der Waals surface area (Å²) < 4.78 is 0. The van der Waals surface area contributed by atoms with Gasteiger partial charge < -0.3 is 10.2 Å². The fourth-order valence-electron chi connectivity index (χ4n) is 3.37. The number of aliphatic hydroxyl groups is 1. The molecule has 2 aromatic rings. The minimum atomic E-state index is -0.0730. The van der Waals surface area contributed by atoms with Crippen LogP contribution in [0.2, 0.25) is 0 Å². The first-order valence-corrected chi connectivity index (χ1v) is 7.62. The molecule has 0 amide bonds. The van der Waals surface area contributed by atoms with E-state index in [-0.39, 0.29) is 12.0 Å². The second-order valence-corrected chi connectivity index (χ2v) is 6.42. The molecule has 110 valence electrons. The predicted molar refractivity (Wildman–Crippen MR) is 85.7 cm³/mol. The van der Waals surface area contributed by atoms with E-state index >= 15 is 0 Å². The van der Waals surface area contributed by atoms with Gasteiger partial charge in [-0.25, -0.2) is 0 Å². The van der Waals surface area contributed by atoms with Gasteiger partial charge in [0.15, 0.2) is 0 Å². The van der Waals surface area contributed by atoms with E-state index < -0.39 is 0 Å². The molecule has 2 N–H and O–H groups in total. The van der Waals surface area contributed by atoms with E-state index in [4.69, 9.17) is 5.11 Å². The van der Waals surface area contributed by atoms with E-state index in [0.717, 1.165) is 19.3 Å². The molecule has 0 aromatic heterocycles. The van der Waals surface area contributed by atoms with Crippen LogP contribution in [0.3, 0.4) is 0 Å². The number of aliphatic hydroxyl groups excluding tert-OH is 1. The van der Waals surface area contributed by atoms with Crippen molar-refractivity contribution < 1.29 is 10.2 Å². The number of hydrogen-bond acceptors (Lipinski definition) is 2. The summed E-state index contributed by atoms with van der Waals surface area (Å²) in [6.07, 6.45) is 2.88. The van der Waals surface area contributed by atoms with Gasteiger partial charge in [-0.15, -0.1) is 0 Å². The molecule has 0 unspecified atom stereocenters. The summed E-state index contributed by atoms with van der Waals surface area (Å²) >= 11 is 0. The highest BCUT2D eigenvalue weighted by Crippen LogP contribution is 2.49. The van der Waals surface area contributed by atoms with Crippen LogP contribution in [0.15, 0.2) is 36.4 Å². The molecule has 0 bridgehead atoms. The predicted octanol–water partition coefficient (Wildman–Crippen LogP) is 4.01. The van der Waals surface area contributed by atoms with Crippen molar-refractivity contribution in [3.63, 3.8) is 0 Å². The third kappa shape index (κ3) is 2.34. The zero-order chi connectivity index (χ0) is 15.0. The number of aromatic hydroxyl groups is 1. The largest absolute Gasteiger partial charge is 0.508 e. The summed E-state index contributed by atoms with van der Waals surface area (Å²) in [7, 11) is 0. The Morgan fingerprint density at radius 2 is 1.57 bits per heavy atom. The van der Waals surface area contributed by atoms with Gasteiger partial charge in [0.2, 0.25) is 0 Å². The molecule has 0 saturated carbocycles. The maximum Gasteiger partial charge on any atom is 0.115 e. The van der Waals surface area contributed by atoms with Crippen molar-refractivity contribution in [3.8, 4) is 16.9 Å². The molecule has 0 spiro atoms. The Labute approximate surface area is 126 Å². The van der Waals surface area contributed by atoms with Crippen molar-refractivity contribution in [3.05, 3.63) is 53.1 Å². The number of phenolic OH excluding ortho intramolecular Hbond substituents is 1. The van der Waals surface area contributed by atoms with Crippen molar-refractivity contribution in [1.82, 2.24) is 0 Å². The number of unbranched alkanes of at least 4 members (excludes halogenated alkanes) is 1. The van der Waals surface area contributed by atoms with Gasteiger partial charge in [-0.3, -0.25) is 0 Å². The number of aryl methyl sites for hydroxylation is 1. The molecule has 0 saturated heterocycles. The van der Waals surface area contributed by atoms with E-state index in [1.54, 1.807) is 6.07 Å². The minimum absolute atomic E-state index is 0.0730. The van der Waals surface area contributed by atoms with Gasteiger partial charge in [-0.1, -0.05) is 38.1 Å². The minimum Gasteiger partial charge on any atom is -0.508 e. The van der Waals surface area contributed by atoms with Crippen molar-refractivity contribution in [2.45, 2.75) is 38.5 Å². The molecule has 3 rings (SSSR count). The topological polar surface area (TPSA) is 40.5 Å². The van der Waals surface area contributed by atoms with E-state index in [2.05, 4.69) is 32.0 Å². The second-order valence-electron chi connectivity index (χ2n) is 6.42. The lowest BCUT2D eigenvalue weighted by molar-refractivity contribution is 0.284. The molecule has 0 aliphatic heterocycles. The summed E-state index contributed by atoms with van der Waals surface area (Å²) in [6.45, 7) is 4.70. The maximum atomic E-state index is 9.78. The SMILES string of the molecule is CC1(C)c2cc(O)ccc2-c2ccc(CCCCO)cc21. The van der Waals surface area contributed by atoms with Crippen LogP contribution in [0.1, 0.15) is 43.4 Å². The fourth-order valence-corrected chi connectivity index (χ4v) is 3.37. The smallest absolute Gasteiger partial charge is 0.115 e. The van der Waals surface area contributed by atoms with Gasteiger partial charge in [0.05, 0.1) is 0 Å². The van der Waals surface area contributed by atoms with E-state index in [1.807, 2.05) is 12.1 Å². The van der Waals surface area contributed by atoms with Crippen LogP contribution in [-0.4, -0.2) is 16.8 Å². The number of rotatable bonds is 4. The van der Waals surface area contributed by atoms with Crippen molar-refractivity contribution in [2.75, 3.05) is 6.61 Å². The van der Waals surface area contributed by atoms with Crippen LogP contribution in [-0.2, 0) is 11.8 Å². The Hall–Kier alpha value is -1.80. The van der Waals surface area contributed by atoms with Crippen LogP contribution in [0.25, 0.3) is 11.1 Å². The van der Waals surface area contributed by atoms with Gasteiger partial charge in [0.25, 0.3) is 0 Å². The molecular formula is C19H22O2. The lowest BCUT2D eigenvalue weighted by atomic mass is 9.81. The average molecular weight is 282 g/mol. The molecular weight excluding hydrogens is 260 g/mol. The zero-order valence-corrected chi connectivity index (χ0v) is 12.7. The third-order valence-electron chi connectivity index (χ3n) is 4.60. The van der Waals surface area contributed by atoms with Gasteiger partial charge >= 0.3 is 0 Å². The summed E-state index contributed by atoms with van der Waals surface area (Å²) in [5, 5.41) is 18.7. The Kier molecular flexibility index (Phi) is 3.50. The highest BCUT2D eigenvalue weighted by atomic mass is 16.3. The van der Waals surface area contributed by atoms with Gasteiger partial charge in [-0.2, -0.15) is 0 Å². The number of fused-ring (bicyclic) bond motifs is 3. The molecule has 2 nitrogen and oxygen atoms in total. The quantitative estimate of drug-likeness (QED) is 0.832. The molecule has 0 atom stereocenters. The van der Waals surface area contributed by atoms with Gasteiger partial charge in [0, 0.05) is 12.0 Å².